The van der Waals surface area contributed by atoms with Gasteiger partial charge in [0.05, 0.1) is 11.1 Å². The Morgan fingerprint density at radius 1 is 0.933 bits per heavy atom. The first-order chi connectivity index (χ1) is 14.3. The standard InChI is InChI=1S/C20H23N5O5/c1-3-9-23-16(21)15(19(29)24(10-4-2)20(23)30)22-14(26)11-25-17(27)12-7-5-6-8-13(12)18(25)28/h5-8H,3-4,9-11,21H2,1-2H3,(H,22,26). The Hall–Kier alpha value is -3.69. The largest absolute Gasteiger partial charge is 0.383 e. The number of anilines is 2. The predicted octanol–water partition coefficient (Wildman–Crippen LogP) is 0.647. The molecule has 0 radical (unpaired) electrons. The van der Waals surface area contributed by atoms with E-state index in [2.05, 4.69) is 5.32 Å². The summed E-state index contributed by atoms with van der Waals surface area (Å²) in [6.45, 7) is 3.53. The molecule has 158 valence electrons. The monoisotopic (exact) mass is 413 g/mol. The lowest BCUT2D eigenvalue weighted by Gasteiger charge is -2.18. The molecule has 0 spiro atoms. The lowest BCUT2D eigenvalue weighted by molar-refractivity contribution is -0.116. The zero-order chi connectivity index (χ0) is 22.0. The number of hydrogen-bond donors (Lipinski definition) is 2. The van der Waals surface area contributed by atoms with Gasteiger partial charge in [-0.3, -0.25) is 33.2 Å². The molecule has 1 aromatic carbocycles. The lowest BCUT2D eigenvalue weighted by Crippen LogP contribution is -2.44. The van der Waals surface area contributed by atoms with E-state index in [1.807, 2.05) is 13.8 Å². The van der Waals surface area contributed by atoms with Crippen LogP contribution in [0.25, 0.3) is 0 Å². The first-order valence-electron chi connectivity index (χ1n) is 9.69. The summed E-state index contributed by atoms with van der Waals surface area (Å²) in [5.41, 5.74) is 4.94. The molecule has 3 rings (SSSR count). The van der Waals surface area contributed by atoms with Crippen LogP contribution in [0.3, 0.4) is 0 Å². The number of nitrogens with two attached hydrogens (primary N) is 1. The molecule has 0 saturated carbocycles. The van der Waals surface area contributed by atoms with Crippen LogP contribution >= 0.6 is 0 Å². The third-order valence-electron chi connectivity index (χ3n) is 4.81. The van der Waals surface area contributed by atoms with E-state index < -0.39 is 35.5 Å². The second kappa shape index (κ2) is 8.36. The number of amides is 3. The summed E-state index contributed by atoms with van der Waals surface area (Å²) in [6.07, 6.45) is 1.13. The Bertz CT molecular complexity index is 1110. The van der Waals surface area contributed by atoms with Crippen molar-refractivity contribution in [2.75, 3.05) is 17.6 Å². The van der Waals surface area contributed by atoms with Crippen LogP contribution in [0.1, 0.15) is 47.4 Å². The van der Waals surface area contributed by atoms with E-state index in [0.717, 1.165) is 9.47 Å². The highest BCUT2D eigenvalue weighted by Crippen LogP contribution is 2.22. The van der Waals surface area contributed by atoms with E-state index in [1.165, 1.54) is 16.7 Å². The molecule has 2 heterocycles. The summed E-state index contributed by atoms with van der Waals surface area (Å²) < 4.78 is 2.25. The Kier molecular flexibility index (Phi) is 5.86. The van der Waals surface area contributed by atoms with Crippen molar-refractivity contribution >= 4 is 29.2 Å². The van der Waals surface area contributed by atoms with Crippen LogP contribution in [0.15, 0.2) is 33.9 Å². The van der Waals surface area contributed by atoms with Gasteiger partial charge in [0.2, 0.25) is 5.91 Å². The van der Waals surface area contributed by atoms with Crippen LogP contribution in [0, 0.1) is 0 Å². The van der Waals surface area contributed by atoms with E-state index in [1.54, 1.807) is 12.1 Å². The molecule has 1 aromatic heterocycles. The second-order valence-electron chi connectivity index (χ2n) is 6.94. The fourth-order valence-electron chi connectivity index (χ4n) is 3.40. The van der Waals surface area contributed by atoms with Gasteiger partial charge in [0, 0.05) is 13.1 Å². The number of benzene rings is 1. The van der Waals surface area contributed by atoms with Crippen LogP contribution in [0.2, 0.25) is 0 Å². The molecule has 0 fully saturated rings. The predicted molar refractivity (Wildman–Crippen MR) is 110 cm³/mol. The molecule has 1 aliphatic heterocycles. The number of nitrogen functional groups attached to an aromatic ring is 1. The summed E-state index contributed by atoms with van der Waals surface area (Å²) in [4.78, 5) is 63.6. The summed E-state index contributed by atoms with van der Waals surface area (Å²) in [5, 5.41) is 2.40. The van der Waals surface area contributed by atoms with Crippen molar-refractivity contribution in [1.82, 2.24) is 14.0 Å². The van der Waals surface area contributed by atoms with E-state index in [0.29, 0.717) is 12.8 Å². The van der Waals surface area contributed by atoms with Crippen molar-refractivity contribution in [3.63, 3.8) is 0 Å². The molecular weight excluding hydrogens is 390 g/mol. The number of nitrogens with zero attached hydrogens (tertiary/aromatic N) is 3. The van der Waals surface area contributed by atoms with Crippen molar-refractivity contribution in [2.45, 2.75) is 39.8 Å². The van der Waals surface area contributed by atoms with Crippen molar-refractivity contribution in [1.29, 1.82) is 0 Å². The molecule has 3 amide bonds. The molecule has 10 heteroatoms. The Morgan fingerprint density at radius 3 is 2.00 bits per heavy atom. The molecule has 30 heavy (non-hydrogen) atoms. The van der Waals surface area contributed by atoms with E-state index >= 15 is 0 Å². The number of carbonyl (C=O) groups excluding carboxylic acids is 3. The van der Waals surface area contributed by atoms with Crippen molar-refractivity contribution in [3.8, 4) is 0 Å². The fraction of sp³-hybridized carbons (Fsp3) is 0.350. The van der Waals surface area contributed by atoms with E-state index in [4.69, 9.17) is 5.73 Å². The van der Waals surface area contributed by atoms with Gasteiger partial charge >= 0.3 is 5.69 Å². The summed E-state index contributed by atoms with van der Waals surface area (Å²) >= 11 is 0. The second-order valence-corrected chi connectivity index (χ2v) is 6.94. The highest BCUT2D eigenvalue weighted by molar-refractivity contribution is 6.22. The van der Waals surface area contributed by atoms with Gasteiger partial charge in [-0.2, -0.15) is 0 Å². The number of hydrogen-bond acceptors (Lipinski definition) is 6. The lowest BCUT2D eigenvalue weighted by atomic mass is 10.1. The van der Waals surface area contributed by atoms with Gasteiger partial charge in [-0.05, 0) is 25.0 Å². The van der Waals surface area contributed by atoms with Gasteiger partial charge in [0.1, 0.15) is 18.1 Å². The molecule has 2 aromatic rings. The molecule has 1 aliphatic rings. The minimum Gasteiger partial charge on any atom is -0.383 e. The SMILES string of the molecule is CCCn1c(N)c(NC(=O)CN2C(=O)c3ccccc3C2=O)c(=O)n(CCC)c1=O. The van der Waals surface area contributed by atoms with Crippen LogP contribution in [-0.4, -0.2) is 38.3 Å². The summed E-state index contributed by atoms with van der Waals surface area (Å²) in [7, 11) is 0. The Balaban J connectivity index is 1.90. The third-order valence-corrected chi connectivity index (χ3v) is 4.81. The van der Waals surface area contributed by atoms with Crippen LogP contribution in [0.4, 0.5) is 11.5 Å². The average Bonchev–Trinajstić information content (AvgIpc) is 2.97. The number of rotatable bonds is 7. The maximum absolute atomic E-state index is 12.7. The number of fused-ring (bicyclic) bond motifs is 1. The first-order valence-corrected chi connectivity index (χ1v) is 9.69. The molecule has 0 atom stereocenters. The van der Waals surface area contributed by atoms with Crippen LogP contribution in [-0.2, 0) is 17.9 Å². The maximum atomic E-state index is 12.7. The molecule has 10 nitrogen and oxygen atoms in total. The zero-order valence-electron chi connectivity index (χ0n) is 16.8. The van der Waals surface area contributed by atoms with Gasteiger partial charge < -0.3 is 11.1 Å². The van der Waals surface area contributed by atoms with Crippen molar-refractivity contribution in [2.24, 2.45) is 0 Å². The molecular formula is C20H23N5O5. The zero-order valence-corrected chi connectivity index (χ0v) is 16.8. The van der Waals surface area contributed by atoms with Gasteiger partial charge in [0.15, 0.2) is 0 Å². The van der Waals surface area contributed by atoms with Crippen molar-refractivity contribution in [3.05, 3.63) is 56.2 Å². The maximum Gasteiger partial charge on any atom is 0.332 e. The van der Waals surface area contributed by atoms with Gasteiger partial charge in [-0.25, -0.2) is 4.79 Å². The number of imide groups is 1. The minimum atomic E-state index is -0.766. The van der Waals surface area contributed by atoms with Crippen molar-refractivity contribution < 1.29 is 14.4 Å². The highest BCUT2D eigenvalue weighted by atomic mass is 16.2. The Morgan fingerprint density at radius 2 is 1.47 bits per heavy atom. The van der Waals surface area contributed by atoms with E-state index in [-0.39, 0.29) is 35.7 Å². The fourth-order valence-corrected chi connectivity index (χ4v) is 3.40. The molecule has 0 aliphatic carbocycles. The quantitative estimate of drug-likeness (QED) is 0.640. The van der Waals surface area contributed by atoms with Gasteiger partial charge in [-0.1, -0.05) is 26.0 Å². The number of carbonyl (C=O) groups is 3. The average molecular weight is 413 g/mol. The topological polar surface area (TPSA) is 136 Å². The minimum absolute atomic E-state index is 0.157. The summed E-state index contributed by atoms with van der Waals surface area (Å²) in [6, 6.07) is 6.27. The van der Waals surface area contributed by atoms with Gasteiger partial charge in [-0.15, -0.1) is 0 Å². The summed E-state index contributed by atoms with van der Waals surface area (Å²) in [5.74, 6) is -2.09. The number of nitrogens with one attached hydrogen (secondary N) is 1. The smallest absolute Gasteiger partial charge is 0.332 e. The van der Waals surface area contributed by atoms with Crippen LogP contribution < -0.4 is 22.3 Å². The van der Waals surface area contributed by atoms with Gasteiger partial charge in [0.25, 0.3) is 17.4 Å². The Labute approximate surface area is 171 Å². The van der Waals surface area contributed by atoms with E-state index in [9.17, 15) is 24.0 Å². The molecule has 3 N–H and O–H groups in total. The molecule has 0 saturated heterocycles. The number of aromatic nitrogens is 2. The third kappa shape index (κ3) is 3.51. The van der Waals surface area contributed by atoms with Crippen LogP contribution in [0.5, 0.6) is 0 Å². The highest BCUT2D eigenvalue weighted by Gasteiger charge is 2.36. The normalized spacial score (nSPS) is 12.9. The molecule has 0 bridgehead atoms. The molecule has 0 unspecified atom stereocenters. The first kappa shape index (κ1) is 21.0.